The molecule has 1 aliphatic carbocycles. The topological polar surface area (TPSA) is 29.1 Å². The summed E-state index contributed by atoms with van der Waals surface area (Å²) in [6, 6.07) is 48.4. The van der Waals surface area contributed by atoms with Gasteiger partial charge in [0, 0.05) is 22.8 Å². The maximum Gasteiger partial charge on any atom is 0.252 e. The Labute approximate surface area is 245 Å². The molecule has 0 unspecified atom stereocenters. The van der Waals surface area contributed by atoms with Crippen molar-refractivity contribution in [2.75, 3.05) is 0 Å². The van der Waals surface area contributed by atoms with E-state index in [-0.39, 0.29) is 11.9 Å². The van der Waals surface area contributed by atoms with Crippen molar-refractivity contribution in [3.8, 4) is 0 Å². The second-order valence-electron chi connectivity index (χ2n) is 10.9. The molecule has 0 radical (unpaired) electrons. The number of rotatable bonds is 6. The van der Waals surface area contributed by atoms with Crippen LogP contribution in [0.4, 0.5) is 0 Å². The average Bonchev–Trinajstić information content (AvgIpc) is 3.03. The Balaban J connectivity index is 1.61. The van der Waals surface area contributed by atoms with Gasteiger partial charge in [0.05, 0.1) is 0 Å². The Morgan fingerprint density at radius 3 is 1.44 bits per heavy atom. The number of nitrogens with one attached hydrogen (secondary N) is 1. The number of hydrogen-bond donors (Lipinski definition) is 1. The lowest BCUT2D eigenvalue weighted by Gasteiger charge is -2.40. The zero-order valence-electron chi connectivity index (χ0n) is 23.0. The summed E-state index contributed by atoms with van der Waals surface area (Å²) < 4.78 is 0. The summed E-state index contributed by atoms with van der Waals surface area (Å²) >= 11 is 0. The third kappa shape index (κ3) is 5.05. The molecule has 1 amide bonds. The van der Waals surface area contributed by atoms with Crippen LogP contribution in [-0.4, -0.2) is 11.9 Å². The molecular weight excluding hydrogens is 536 g/mol. The van der Waals surface area contributed by atoms with Gasteiger partial charge in [-0.1, -0.05) is 140 Å². The van der Waals surface area contributed by atoms with Crippen LogP contribution < -0.4 is 37.1 Å². The number of carbonyl (C=O) groups is 1. The monoisotopic (exact) mass is 569 g/mol. The van der Waals surface area contributed by atoms with E-state index in [9.17, 15) is 4.79 Å². The molecule has 2 bridgehead atoms. The minimum atomic E-state index is -0.990. The fourth-order valence-electron chi connectivity index (χ4n) is 6.58. The molecule has 5 aromatic rings. The van der Waals surface area contributed by atoms with Crippen molar-refractivity contribution in [1.82, 2.24) is 5.32 Å². The zero-order valence-corrected chi connectivity index (χ0v) is 24.8. The van der Waals surface area contributed by atoms with E-state index in [4.69, 9.17) is 0 Å². The lowest BCUT2D eigenvalue weighted by atomic mass is 9.78. The summed E-state index contributed by atoms with van der Waals surface area (Å²) in [7, 11) is -1.90. The molecule has 1 fully saturated rings. The van der Waals surface area contributed by atoms with Gasteiger partial charge in [-0.15, -0.1) is 0 Å². The zero-order chi connectivity index (χ0) is 27.6. The molecule has 4 heteroatoms. The van der Waals surface area contributed by atoms with Crippen LogP contribution >= 0.6 is 15.8 Å². The quantitative estimate of drug-likeness (QED) is 0.251. The fraction of sp³-hybridized carbons (Fsp3) is 0.162. The molecule has 2 nitrogen and oxygen atoms in total. The van der Waals surface area contributed by atoms with E-state index in [0.717, 1.165) is 18.4 Å². The Hall–Kier alpha value is -3.57. The summed E-state index contributed by atoms with van der Waals surface area (Å²) in [5, 5.41) is 11.4. The molecule has 3 aliphatic rings. The first-order valence-electron chi connectivity index (χ1n) is 14.6. The molecule has 202 valence electrons. The minimum absolute atomic E-state index is 0.0832. The Kier molecular flexibility index (Phi) is 7.54. The van der Waals surface area contributed by atoms with Crippen LogP contribution in [-0.2, 0) is 0 Å². The maximum absolute atomic E-state index is 14.3. The van der Waals surface area contributed by atoms with Gasteiger partial charge in [0.15, 0.2) is 0 Å². The van der Waals surface area contributed by atoms with Gasteiger partial charge in [-0.25, -0.2) is 0 Å². The SMILES string of the molecule is O=C1N[C@@H]2CCCC[C@@H]2c2ccc1c(P(c1ccccc1)c1ccccc1)c2P(c1ccccc1)c1ccccc1. The molecule has 0 aromatic heterocycles. The lowest BCUT2D eigenvalue weighted by molar-refractivity contribution is 0.0920. The normalized spacial score (nSPS) is 18.0. The van der Waals surface area contributed by atoms with E-state index in [0.29, 0.717) is 5.92 Å². The molecule has 41 heavy (non-hydrogen) atoms. The van der Waals surface area contributed by atoms with Gasteiger partial charge in [-0.05, 0) is 66.8 Å². The molecular formula is C37H33NOP2. The van der Waals surface area contributed by atoms with Gasteiger partial charge < -0.3 is 5.32 Å². The van der Waals surface area contributed by atoms with E-state index in [1.807, 2.05) is 0 Å². The summed E-state index contributed by atoms with van der Waals surface area (Å²) in [5.74, 6) is 0.399. The predicted octanol–water partition coefficient (Wildman–Crippen LogP) is 5.97. The van der Waals surface area contributed by atoms with Crippen LogP contribution in [0.2, 0.25) is 0 Å². The van der Waals surface area contributed by atoms with Crippen LogP contribution in [0.15, 0.2) is 133 Å². The molecule has 2 aliphatic heterocycles. The summed E-state index contributed by atoms with van der Waals surface area (Å²) in [6.07, 6.45) is 4.53. The molecule has 2 heterocycles. The second kappa shape index (κ2) is 11.7. The van der Waals surface area contributed by atoms with Crippen LogP contribution in [0.1, 0.15) is 47.5 Å². The highest BCUT2D eigenvalue weighted by atomic mass is 31.1. The van der Waals surface area contributed by atoms with Gasteiger partial charge >= 0.3 is 0 Å². The van der Waals surface area contributed by atoms with Crippen molar-refractivity contribution in [3.63, 3.8) is 0 Å². The number of hydrogen-bond acceptors (Lipinski definition) is 1. The summed E-state index contributed by atoms with van der Waals surface area (Å²) in [4.78, 5) is 14.3. The van der Waals surface area contributed by atoms with Crippen LogP contribution in [0.25, 0.3) is 0 Å². The number of benzene rings is 5. The van der Waals surface area contributed by atoms with E-state index >= 15 is 0 Å². The molecule has 5 aromatic carbocycles. The van der Waals surface area contributed by atoms with Gasteiger partial charge in [0.1, 0.15) is 0 Å². The van der Waals surface area contributed by atoms with Crippen molar-refractivity contribution in [2.24, 2.45) is 0 Å². The van der Waals surface area contributed by atoms with Crippen molar-refractivity contribution in [1.29, 1.82) is 0 Å². The van der Waals surface area contributed by atoms with E-state index in [2.05, 4.69) is 139 Å². The number of amides is 1. The first kappa shape index (κ1) is 26.3. The smallest absolute Gasteiger partial charge is 0.252 e. The van der Waals surface area contributed by atoms with Gasteiger partial charge in [0.25, 0.3) is 5.91 Å². The lowest BCUT2D eigenvalue weighted by Crippen LogP contribution is -2.50. The first-order chi connectivity index (χ1) is 20.3. The van der Waals surface area contributed by atoms with E-state index in [1.54, 1.807) is 0 Å². The van der Waals surface area contributed by atoms with Crippen molar-refractivity contribution in [2.45, 2.75) is 37.6 Å². The largest absolute Gasteiger partial charge is 0.349 e. The Morgan fingerprint density at radius 1 is 0.512 bits per heavy atom. The Bertz CT molecular complexity index is 1560. The number of carbonyl (C=O) groups excluding carboxylic acids is 1. The van der Waals surface area contributed by atoms with Gasteiger partial charge in [0.2, 0.25) is 0 Å². The standard InChI is InChI=1S/C37H33NOP2/c39-37-33-26-25-32(31-23-13-14-24-34(31)38-37)35(40(27-15-5-1-6-16-27)28-17-7-2-8-18-28)36(33)41(29-19-9-3-10-20-29)30-21-11-4-12-22-30/h1-12,15-22,25-26,31,34H,13-14,23-24H2,(H,38,39)/t31-,34-/m1/s1. The first-order valence-corrected chi connectivity index (χ1v) is 17.3. The molecule has 0 saturated heterocycles. The molecule has 8 rings (SSSR count). The summed E-state index contributed by atoms with van der Waals surface area (Å²) in [6.45, 7) is 0. The highest BCUT2D eigenvalue weighted by Gasteiger charge is 2.39. The fourth-order valence-corrected chi connectivity index (χ4v) is 12.3. The van der Waals surface area contributed by atoms with Crippen LogP contribution in [0, 0.1) is 0 Å². The molecule has 2 atom stereocenters. The maximum atomic E-state index is 14.3. The molecule has 0 spiro atoms. The van der Waals surface area contributed by atoms with Crippen molar-refractivity contribution in [3.05, 3.63) is 145 Å². The van der Waals surface area contributed by atoms with Crippen molar-refractivity contribution < 1.29 is 4.79 Å². The van der Waals surface area contributed by atoms with Gasteiger partial charge in [-0.2, -0.15) is 0 Å². The second-order valence-corrected chi connectivity index (χ2v) is 15.2. The van der Waals surface area contributed by atoms with E-state index in [1.165, 1.54) is 50.2 Å². The van der Waals surface area contributed by atoms with Gasteiger partial charge in [-0.3, -0.25) is 4.79 Å². The third-order valence-corrected chi connectivity index (χ3v) is 13.7. The highest BCUT2D eigenvalue weighted by molar-refractivity contribution is 7.85. The molecule has 1 saturated carbocycles. The third-order valence-electron chi connectivity index (χ3n) is 8.41. The molecule has 1 N–H and O–H groups in total. The van der Waals surface area contributed by atoms with Crippen LogP contribution in [0.5, 0.6) is 0 Å². The van der Waals surface area contributed by atoms with Crippen molar-refractivity contribution >= 4 is 53.6 Å². The summed E-state index contributed by atoms with van der Waals surface area (Å²) in [5.41, 5.74) is 2.28. The minimum Gasteiger partial charge on any atom is -0.349 e. The van der Waals surface area contributed by atoms with E-state index < -0.39 is 15.8 Å². The average molecular weight is 570 g/mol. The highest BCUT2D eigenvalue weighted by Crippen LogP contribution is 2.45. The number of fused-ring (bicyclic) bond motifs is 3. The van der Waals surface area contributed by atoms with Crippen LogP contribution in [0.3, 0.4) is 0 Å². The Morgan fingerprint density at radius 2 is 0.951 bits per heavy atom. The predicted molar refractivity (Wildman–Crippen MR) is 176 cm³/mol.